The number of nitrogens with one attached hydrogen (secondary N) is 1. The molecular weight excluding hydrogens is 378 g/mol. The molecule has 4 rings (SSSR count). The van der Waals surface area contributed by atoms with Gasteiger partial charge in [-0.3, -0.25) is 4.79 Å². The summed E-state index contributed by atoms with van der Waals surface area (Å²) in [5.41, 5.74) is 3.95. The van der Waals surface area contributed by atoms with Gasteiger partial charge in [-0.1, -0.05) is 54.6 Å². The van der Waals surface area contributed by atoms with Crippen molar-refractivity contribution in [3.8, 4) is 0 Å². The Hall–Kier alpha value is -3.93. The first kappa shape index (κ1) is 19.4. The Balaban J connectivity index is 1.59. The van der Waals surface area contributed by atoms with Crippen LogP contribution in [0.3, 0.4) is 0 Å². The van der Waals surface area contributed by atoms with Gasteiger partial charge in [0.25, 0.3) is 5.91 Å². The Morgan fingerprint density at radius 1 is 0.933 bits per heavy atom. The lowest BCUT2D eigenvalue weighted by molar-refractivity contribution is -0.663. The molecule has 1 amide bonds. The van der Waals surface area contributed by atoms with Gasteiger partial charge < -0.3 is 10.1 Å². The number of amides is 1. The fourth-order valence-electron chi connectivity index (χ4n) is 3.50. The van der Waals surface area contributed by atoms with Crippen molar-refractivity contribution in [2.24, 2.45) is 0 Å². The highest BCUT2D eigenvalue weighted by atomic mass is 16.5. The fraction of sp³-hybridized carbons (Fsp3) is 0.125. The molecule has 1 heterocycles. The normalized spacial score (nSPS) is 10.7. The third-order valence-electron chi connectivity index (χ3n) is 4.90. The zero-order valence-electron chi connectivity index (χ0n) is 16.6. The maximum absolute atomic E-state index is 12.8. The highest BCUT2D eigenvalue weighted by Gasteiger charge is 2.19. The van der Waals surface area contributed by atoms with Crippen LogP contribution in [0.5, 0.6) is 0 Å². The summed E-state index contributed by atoms with van der Waals surface area (Å²) in [5, 5.41) is 2.83. The van der Waals surface area contributed by atoms with E-state index < -0.39 is 5.97 Å². The Labute approximate surface area is 174 Å². The molecule has 0 bridgehead atoms. The number of para-hydroxylation sites is 3. The summed E-state index contributed by atoms with van der Waals surface area (Å²) in [7, 11) is 1.32. The monoisotopic (exact) mass is 400 g/mol. The number of imidazole rings is 1. The second-order valence-electron chi connectivity index (χ2n) is 6.93. The Kier molecular flexibility index (Phi) is 5.57. The smallest absolute Gasteiger partial charge is 0.339 e. The number of anilines is 1. The Morgan fingerprint density at radius 3 is 2.43 bits per heavy atom. The van der Waals surface area contributed by atoms with Crippen LogP contribution in [-0.4, -0.2) is 23.6 Å². The van der Waals surface area contributed by atoms with Gasteiger partial charge in [0, 0.05) is 0 Å². The van der Waals surface area contributed by atoms with E-state index in [1.165, 1.54) is 12.7 Å². The molecule has 0 unspecified atom stereocenters. The lowest BCUT2D eigenvalue weighted by Crippen LogP contribution is -2.33. The lowest BCUT2D eigenvalue weighted by atomic mass is 10.2. The predicted octanol–water partition coefficient (Wildman–Crippen LogP) is 3.40. The van der Waals surface area contributed by atoms with Crippen LogP contribution in [0.25, 0.3) is 11.0 Å². The maximum atomic E-state index is 12.8. The first-order valence-electron chi connectivity index (χ1n) is 9.64. The minimum atomic E-state index is -0.488. The molecule has 6 nitrogen and oxygen atoms in total. The van der Waals surface area contributed by atoms with Crippen molar-refractivity contribution in [3.63, 3.8) is 0 Å². The Bertz CT molecular complexity index is 1200. The molecule has 6 heteroatoms. The van der Waals surface area contributed by atoms with E-state index in [9.17, 15) is 9.59 Å². The number of methoxy groups -OCH3 is 1. The molecule has 0 aliphatic carbocycles. The van der Waals surface area contributed by atoms with Crippen LogP contribution >= 0.6 is 0 Å². The minimum absolute atomic E-state index is 0.123. The summed E-state index contributed by atoms with van der Waals surface area (Å²) >= 11 is 0. The van der Waals surface area contributed by atoms with Crippen LogP contribution in [0.2, 0.25) is 0 Å². The number of rotatable bonds is 6. The van der Waals surface area contributed by atoms with Crippen LogP contribution < -0.4 is 9.88 Å². The van der Waals surface area contributed by atoms with Gasteiger partial charge in [-0.2, -0.15) is 0 Å². The SMILES string of the molecule is COC(=O)c1ccccc1NC(=O)Cn1c[n+](Cc2ccccc2)c2ccccc21. The van der Waals surface area contributed by atoms with Crippen molar-refractivity contribution in [1.82, 2.24) is 4.57 Å². The van der Waals surface area contributed by atoms with Crippen LogP contribution in [0, 0.1) is 0 Å². The second kappa shape index (κ2) is 8.61. The summed E-state index contributed by atoms with van der Waals surface area (Å²) in [6.07, 6.45) is 1.95. The molecule has 0 aliphatic heterocycles. The molecule has 0 saturated carbocycles. The van der Waals surface area contributed by atoms with Gasteiger partial charge in [-0.15, -0.1) is 0 Å². The largest absolute Gasteiger partial charge is 0.465 e. The summed E-state index contributed by atoms with van der Waals surface area (Å²) < 4.78 is 8.83. The highest BCUT2D eigenvalue weighted by Crippen LogP contribution is 2.17. The van der Waals surface area contributed by atoms with E-state index in [1.54, 1.807) is 24.3 Å². The third kappa shape index (κ3) is 4.07. The molecule has 4 aromatic rings. The van der Waals surface area contributed by atoms with Crippen molar-refractivity contribution >= 4 is 28.6 Å². The molecule has 1 N–H and O–H groups in total. The molecule has 0 radical (unpaired) electrons. The molecule has 3 aromatic carbocycles. The van der Waals surface area contributed by atoms with Crippen molar-refractivity contribution in [3.05, 3.63) is 96.3 Å². The summed E-state index contributed by atoms with van der Waals surface area (Å²) in [6, 6.07) is 25.0. The molecule has 0 fully saturated rings. The van der Waals surface area contributed by atoms with E-state index in [1.807, 2.05) is 53.4 Å². The van der Waals surface area contributed by atoms with Gasteiger partial charge in [0.05, 0.1) is 18.4 Å². The zero-order valence-corrected chi connectivity index (χ0v) is 16.6. The number of ether oxygens (including phenoxy) is 1. The van der Waals surface area contributed by atoms with Crippen LogP contribution in [0.1, 0.15) is 15.9 Å². The molecular formula is C24H22N3O3+. The summed E-state index contributed by atoms with van der Waals surface area (Å²) in [5.74, 6) is -0.711. The first-order valence-corrected chi connectivity index (χ1v) is 9.64. The molecule has 0 saturated heterocycles. The van der Waals surface area contributed by atoms with Crippen LogP contribution in [0.4, 0.5) is 5.69 Å². The number of fused-ring (bicyclic) bond motifs is 1. The number of carbonyl (C=O) groups excluding carboxylic acids is 2. The zero-order chi connectivity index (χ0) is 20.9. The molecule has 30 heavy (non-hydrogen) atoms. The fourth-order valence-corrected chi connectivity index (χ4v) is 3.50. The quantitative estimate of drug-likeness (QED) is 0.399. The van der Waals surface area contributed by atoms with E-state index in [4.69, 9.17) is 4.74 Å². The van der Waals surface area contributed by atoms with Gasteiger partial charge in [-0.05, 0) is 29.8 Å². The Morgan fingerprint density at radius 2 is 1.63 bits per heavy atom. The third-order valence-corrected chi connectivity index (χ3v) is 4.90. The highest BCUT2D eigenvalue weighted by molar-refractivity contribution is 6.01. The van der Waals surface area contributed by atoms with E-state index in [-0.39, 0.29) is 12.5 Å². The number of carbonyl (C=O) groups is 2. The predicted molar refractivity (Wildman–Crippen MR) is 114 cm³/mol. The van der Waals surface area contributed by atoms with Crippen molar-refractivity contribution < 1.29 is 18.9 Å². The van der Waals surface area contributed by atoms with Gasteiger partial charge in [-0.25, -0.2) is 13.9 Å². The lowest BCUT2D eigenvalue weighted by Gasteiger charge is -2.08. The average Bonchev–Trinajstić information content (AvgIpc) is 3.11. The molecule has 1 aromatic heterocycles. The summed E-state index contributed by atoms with van der Waals surface area (Å²) in [4.78, 5) is 24.7. The number of aromatic nitrogens is 2. The minimum Gasteiger partial charge on any atom is -0.465 e. The first-order chi connectivity index (χ1) is 14.7. The standard InChI is InChI=1S/C24H21N3O3/c1-30-24(29)19-11-5-6-12-20(19)25-23(28)16-27-17-26(15-18-9-3-2-4-10-18)21-13-7-8-14-22(21)27/h2-14,17H,15-16H2,1H3/p+1. The van der Waals surface area contributed by atoms with E-state index in [0.29, 0.717) is 17.8 Å². The van der Waals surface area contributed by atoms with Gasteiger partial charge in [0.2, 0.25) is 6.33 Å². The van der Waals surface area contributed by atoms with E-state index in [2.05, 4.69) is 22.0 Å². The molecule has 150 valence electrons. The number of esters is 1. The molecule has 0 spiro atoms. The van der Waals surface area contributed by atoms with Crippen molar-refractivity contribution in [2.75, 3.05) is 12.4 Å². The van der Waals surface area contributed by atoms with Gasteiger partial charge in [0.1, 0.15) is 6.54 Å². The van der Waals surface area contributed by atoms with Crippen LogP contribution in [-0.2, 0) is 22.6 Å². The maximum Gasteiger partial charge on any atom is 0.339 e. The van der Waals surface area contributed by atoms with Crippen LogP contribution in [0.15, 0.2) is 85.2 Å². The van der Waals surface area contributed by atoms with Gasteiger partial charge >= 0.3 is 5.97 Å². The van der Waals surface area contributed by atoms with Crippen molar-refractivity contribution in [2.45, 2.75) is 13.1 Å². The van der Waals surface area contributed by atoms with E-state index >= 15 is 0 Å². The van der Waals surface area contributed by atoms with Crippen molar-refractivity contribution in [1.29, 1.82) is 0 Å². The topological polar surface area (TPSA) is 64.2 Å². The van der Waals surface area contributed by atoms with E-state index in [0.717, 1.165) is 11.0 Å². The average molecular weight is 400 g/mol. The number of nitrogens with zero attached hydrogens (tertiary/aromatic N) is 2. The molecule has 0 atom stereocenters. The second-order valence-corrected chi connectivity index (χ2v) is 6.93. The number of benzene rings is 3. The number of hydrogen-bond acceptors (Lipinski definition) is 3. The number of hydrogen-bond donors (Lipinski definition) is 1. The van der Waals surface area contributed by atoms with Gasteiger partial charge in [0.15, 0.2) is 17.6 Å². The summed E-state index contributed by atoms with van der Waals surface area (Å²) in [6.45, 7) is 0.832. The molecule has 0 aliphatic rings.